The summed E-state index contributed by atoms with van der Waals surface area (Å²) in [6.07, 6.45) is 9.09. The molecular formula is C32H34F2N4O5S. The predicted molar refractivity (Wildman–Crippen MR) is 162 cm³/mol. The SMILES string of the molecule is O=C(O)CC(CC1CCCC1)C(=O)N(c1nc(-c2cc(OC(F)F)ccc2-c2ccc(N3CCCC3=O)nc2)cs1)C1CC1. The minimum atomic E-state index is -3.01. The van der Waals surface area contributed by atoms with E-state index in [0.29, 0.717) is 58.6 Å². The zero-order chi connectivity index (χ0) is 30.8. The summed E-state index contributed by atoms with van der Waals surface area (Å²) < 4.78 is 31.0. The van der Waals surface area contributed by atoms with Crippen molar-refractivity contribution in [2.45, 2.75) is 76.9 Å². The molecule has 3 fully saturated rings. The number of pyridine rings is 1. The van der Waals surface area contributed by atoms with Crippen molar-refractivity contribution in [2.24, 2.45) is 11.8 Å². The Morgan fingerprint density at radius 3 is 2.52 bits per heavy atom. The molecular weight excluding hydrogens is 590 g/mol. The van der Waals surface area contributed by atoms with E-state index >= 15 is 0 Å². The van der Waals surface area contributed by atoms with Gasteiger partial charge in [0.2, 0.25) is 11.8 Å². The van der Waals surface area contributed by atoms with Crippen LogP contribution < -0.4 is 14.5 Å². The Morgan fingerprint density at radius 2 is 1.89 bits per heavy atom. The molecule has 2 aliphatic carbocycles. The number of hydrogen-bond donors (Lipinski definition) is 1. The number of nitrogens with zero attached hydrogens (tertiary/aromatic N) is 4. The van der Waals surface area contributed by atoms with Crippen LogP contribution in [-0.2, 0) is 14.4 Å². The number of carboxylic acid groups (broad SMARTS) is 1. The van der Waals surface area contributed by atoms with E-state index in [1.165, 1.54) is 23.5 Å². The third kappa shape index (κ3) is 6.74. The van der Waals surface area contributed by atoms with Crippen LogP contribution in [-0.4, -0.2) is 52.1 Å². The molecule has 1 atom stereocenters. The Morgan fingerprint density at radius 1 is 1.09 bits per heavy atom. The van der Waals surface area contributed by atoms with Gasteiger partial charge in [-0.05, 0) is 67.5 Å². The number of ether oxygens (including phenoxy) is 1. The zero-order valence-corrected chi connectivity index (χ0v) is 25.0. The molecule has 0 bridgehead atoms. The van der Waals surface area contributed by atoms with Crippen LogP contribution in [0.1, 0.15) is 64.2 Å². The number of alkyl halides is 2. The number of aromatic nitrogens is 2. The molecule has 3 aromatic rings. The highest BCUT2D eigenvalue weighted by Gasteiger charge is 2.40. The van der Waals surface area contributed by atoms with Crippen molar-refractivity contribution in [1.29, 1.82) is 0 Å². The lowest BCUT2D eigenvalue weighted by Crippen LogP contribution is -2.39. The average molecular weight is 625 g/mol. The molecule has 2 aromatic heterocycles. The van der Waals surface area contributed by atoms with Gasteiger partial charge < -0.3 is 9.84 Å². The maximum Gasteiger partial charge on any atom is 0.387 e. The lowest BCUT2D eigenvalue weighted by Gasteiger charge is -2.26. The summed E-state index contributed by atoms with van der Waals surface area (Å²) in [5, 5.41) is 11.8. The third-order valence-electron chi connectivity index (χ3n) is 8.61. The molecule has 1 aromatic carbocycles. The fraction of sp³-hybridized carbons (Fsp3) is 0.469. The number of carboxylic acids is 1. The minimum Gasteiger partial charge on any atom is -0.481 e. The Kier molecular flexibility index (Phi) is 8.88. The fourth-order valence-electron chi connectivity index (χ4n) is 6.35. The Balaban J connectivity index is 1.32. The fourth-order valence-corrected chi connectivity index (χ4v) is 7.25. The summed E-state index contributed by atoms with van der Waals surface area (Å²) in [6.45, 7) is -2.39. The number of aliphatic carboxylic acids is 1. The Bertz CT molecular complexity index is 1520. The van der Waals surface area contributed by atoms with Crippen molar-refractivity contribution < 1.29 is 33.0 Å². The van der Waals surface area contributed by atoms with Gasteiger partial charge in [0.15, 0.2) is 5.13 Å². The second-order valence-electron chi connectivity index (χ2n) is 11.8. The standard InChI is InChI=1S/C32H34F2N4O5S/c33-31(34)43-23-10-11-24(20-7-12-27(35-17-20)37-13-3-6-28(37)39)25(16-23)26-18-44-32(36-26)38(22-8-9-22)30(42)21(15-29(40)41)14-19-4-1-2-5-19/h7,10-12,16-19,21-22,31H,1-6,8-9,13-15H2,(H,40,41). The number of rotatable bonds is 12. The van der Waals surface area contributed by atoms with Crippen LogP contribution in [0.3, 0.4) is 0 Å². The second kappa shape index (κ2) is 13.0. The van der Waals surface area contributed by atoms with E-state index < -0.39 is 18.5 Å². The van der Waals surface area contributed by atoms with Crippen LogP contribution in [0.25, 0.3) is 22.4 Å². The predicted octanol–water partition coefficient (Wildman–Crippen LogP) is 6.77. The number of thiazole rings is 1. The molecule has 1 N–H and O–H groups in total. The topological polar surface area (TPSA) is 113 Å². The molecule has 1 aliphatic heterocycles. The highest BCUT2D eigenvalue weighted by molar-refractivity contribution is 7.14. The van der Waals surface area contributed by atoms with Gasteiger partial charge in [0, 0.05) is 47.6 Å². The van der Waals surface area contributed by atoms with Gasteiger partial charge in [0.25, 0.3) is 0 Å². The highest BCUT2D eigenvalue weighted by Crippen LogP contribution is 2.42. The first-order valence-electron chi connectivity index (χ1n) is 15.1. The number of halogens is 2. The first-order valence-corrected chi connectivity index (χ1v) is 16.0. The maximum absolute atomic E-state index is 13.9. The molecule has 6 rings (SSSR count). The molecule has 2 saturated carbocycles. The van der Waals surface area contributed by atoms with Crippen LogP contribution in [0.2, 0.25) is 0 Å². The Hall–Kier alpha value is -3.93. The lowest BCUT2D eigenvalue weighted by molar-refractivity contribution is -0.141. The molecule has 12 heteroatoms. The van der Waals surface area contributed by atoms with Crippen LogP contribution in [0.15, 0.2) is 41.9 Å². The second-order valence-corrected chi connectivity index (χ2v) is 12.6. The summed E-state index contributed by atoms with van der Waals surface area (Å²) in [4.78, 5) is 50.5. The van der Waals surface area contributed by atoms with Gasteiger partial charge in [0.1, 0.15) is 11.6 Å². The van der Waals surface area contributed by atoms with Gasteiger partial charge in [-0.25, -0.2) is 9.97 Å². The van der Waals surface area contributed by atoms with E-state index in [1.807, 2.05) is 6.07 Å². The molecule has 3 heterocycles. The van der Waals surface area contributed by atoms with Crippen molar-refractivity contribution in [3.05, 3.63) is 41.9 Å². The molecule has 3 aliphatic rings. The van der Waals surface area contributed by atoms with Gasteiger partial charge in [-0.15, -0.1) is 11.3 Å². The largest absolute Gasteiger partial charge is 0.481 e. The van der Waals surface area contributed by atoms with Gasteiger partial charge in [-0.1, -0.05) is 25.7 Å². The quantitative estimate of drug-likeness (QED) is 0.237. The maximum atomic E-state index is 13.9. The molecule has 232 valence electrons. The zero-order valence-electron chi connectivity index (χ0n) is 24.2. The van der Waals surface area contributed by atoms with Crippen molar-refractivity contribution in [2.75, 3.05) is 16.3 Å². The number of carbonyl (C=O) groups excluding carboxylic acids is 2. The van der Waals surface area contributed by atoms with Crippen molar-refractivity contribution >= 4 is 40.1 Å². The molecule has 1 unspecified atom stereocenters. The number of benzene rings is 1. The van der Waals surface area contributed by atoms with Gasteiger partial charge in [0.05, 0.1) is 12.1 Å². The van der Waals surface area contributed by atoms with Gasteiger partial charge >= 0.3 is 12.6 Å². The van der Waals surface area contributed by atoms with E-state index in [1.54, 1.807) is 33.5 Å². The molecule has 0 spiro atoms. The van der Waals surface area contributed by atoms with Gasteiger partial charge in [-0.2, -0.15) is 8.78 Å². The van der Waals surface area contributed by atoms with Crippen molar-refractivity contribution in [3.63, 3.8) is 0 Å². The molecule has 2 amide bonds. The van der Waals surface area contributed by atoms with E-state index in [0.717, 1.165) is 44.9 Å². The van der Waals surface area contributed by atoms with Crippen LogP contribution in [0.4, 0.5) is 19.7 Å². The third-order valence-corrected chi connectivity index (χ3v) is 9.45. The van der Waals surface area contributed by atoms with Crippen LogP contribution >= 0.6 is 11.3 Å². The smallest absolute Gasteiger partial charge is 0.387 e. The highest BCUT2D eigenvalue weighted by atomic mass is 32.1. The minimum absolute atomic E-state index is 0.0260. The number of carbonyl (C=O) groups is 3. The Labute approximate surface area is 257 Å². The molecule has 0 radical (unpaired) electrons. The number of anilines is 2. The normalized spacial score (nSPS) is 17.8. The summed E-state index contributed by atoms with van der Waals surface area (Å²) in [5.41, 5.74) is 2.36. The molecule has 44 heavy (non-hydrogen) atoms. The first-order chi connectivity index (χ1) is 21.3. The van der Waals surface area contributed by atoms with Crippen molar-refractivity contribution in [1.82, 2.24) is 9.97 Å². The summed E-state index contributed by atoms with van der Waals surface area (Å²) >= 11 is 1.27. The van der Waals surface area contributed by atoms with Crippen molar-refractivity contribution in [3.8, 4) is 28.1 Å². The summed E-state index contributed by atoms with van der Waals surface area (Å²) in [5.74, 6) is -0.945. The average Bonchev–Trinajstić information content (AvgIpc) is 3.33. The first kappa shape index (κ1) is 30.1. The summed E-state index contributed by atoms with van der Waals surface area (Å²) in [7, 11) is 0. The monoisotopic (exact) mass is 624 g/mol. The molecule has 9 nitrogen and oxygen atoms in total. The molecule has 1 saturated heterocycles. The van der Waals surface area contributed by atoms with E-state index in [4.69, 9.17) is 9.72 Å². The number of amides is 2. The summed E-state index contributed by atoms with van der Waals surface area (Å²) in [6, 6.07) is 8.16. The van der Waals surface area contributed by atoms with Crippen LogP contribution in [0.5, 0.6) is 5.75 Å². The van der Waals surface area contributed by atoms with Crippen LogP contribution in [0, 0.1) is 11.8 Å². The van der Waals surface area contributed by atoms with E-state index in [9.17, 15) is 28.3 Å². The number of hydrogen-bond acceptors (Lipinski definition) is 7. The lowest BCUT2D eigenvalue weighted by atomic mass is 9.90. The van der Waals surface area contributed by atoms with E-state index in [2.05, 4.69) is 4.98 Å². The van der Waals surface area contributed by atoms with Gasteiger partial charge in [-0.3, -0.25) is 24.2 Å². The van der Waals surface area contributed by atoms with E-state index in [-0.39, 0.29) is 30.0 Å².